The molecule has 1 aromatic rings. The van der Waals surface area contributed by atoms with Gasteiger partial charge in [0.15, 0.2) is 15.0 Å². The number of aromatic nitrogens is 1. The lowest BCUT2D eigenvalue weighted by molar-refractivity contribution is -0.116. The molecule has 1 atom stereocenters. The number of hydrogen-bond donors (Lipinski definition) is 3. The van der Waals surface area contributed by atoms with Gasteiger partial charge < -0.3 is 16.0 Å². The molecule has 2 heterocycles. The average Bonchev–Trinajstić information content (AvgIpc) is 2.99. The van der Waals surface area contributed by atoms with E-state index in [2.05, 4.69) is 20.9 Å². The number of sulfone groups is 1. The van der Waals surface area contributed by atoms with E-state index < -0.39 is 15.9 Å². The van der Waals surface area contributed by atoms with Gasteiger partial charge in [-0.25, -0.2) is 18.2 Å². The van der Waals surface area contributed by atoms with Crippen LogP contribution in [0.15, 0.2) is 11.6 Å². The predicted octanol–water partition coefficient (Wildman–Crippen LogP) is -0.0420. The summed E-state index contributed by atoms with van der Waals surface area (Å²) < 4.78 is 22.5. The van der Waals surface area contributed by atoms with Crippen molar-refractivity contribution in [2.24, 2.45) is 0 Å². The van der Waals surface area contributed by atoms with Gasteiger partial charge in [-0.2, -0.15) is 0 Å². The van der Waals surface area contributed by atoms with Gasteiger partial charge in [-0.3, -0.25) is 4.79 Å². The summed E-state index contributed by atoms with van der Waals surface area (Å²) in [5.74, 6) is -0.159. The summed E-state index contributed by atoms with van der Waals surface area (Å²) in [6.45, 7) is 0.169. The second-order valence-electron chi connectivity index (χ2n) is 4.64. The van der Waals surface area contributed by atoms with Crippen molar-refractivity contribution in [3.63, 3.8) is 0 Å². The molecule has 1 aliphatic rings. The Kier molecular flexibility index (Phi) is 5.12. The number of carbonyl (C=O) groups excluding carboxylic acids is 2. The van der Waals surface area contributed by atoms with Crippen LogP contribution in [0.4, 0.5) is 9.93 Å². The number of nitrogens with one attached hydrogen (secondary N) is 3. The first-order valence-electron chi connectivity index (χ1n) is 6.39. The Morgan fingerprint density at radius 2 is 2.24 bits per heavy atom. The zero-order chi connectivity index (χ0) is 15.3. The Morgan fingerprint density at radius 1 is 1.43 bits per heavy atom. The molecule has 3 amide bonds. The molecule has 8 nitrogen and oxygen atoms in total. The van der Waals surface area contributed by atoms with Crippen LogP contribution in [0.25, 0.3) is 0 Å². The molecule has 1 fully saturated rings. The maximum atomic E-state index is 11.5. The van der Waals surface area contributed by atoms with Gasteiger partial charge in [0.1, 0.15) is 0 Å². The van der Waals surface area contributed by atoms with Gasteiger partial charge in [0.05, 0.1) is 11.5 Å². The third kappa shape index (κ3) is 5.31. The molecule has 1 aromatic heterocycles. The third-order valence-electron chi connectivity index (χ3n) is 2.88. The Balaban J connectivity index is 1.62. The molecular formula is C11H16N4O4S2. The molecule has 0 spiro atoms. The van der Waals surface area contributed by atoms with Crippen LogP contribution in [0.2, 0.25) is 0 Å². The minimum atomic E-state index is -3.02. The van der Waals surface area contributed by atoms with Crippen LogP contribution >= 0.6 is 11.3 Å². The molecule has 10 heteroatoms. The van der Waals surface area contributed by atoms with Crippen LogP contribution in [0.1, 0.15) is 12.8 Å². The van der Waals surface area contributed by atoms with E-state index in [0.717, 1.165) is 0 Å². The minimum absolute atomic E-state index is 0.0229. The lowest BCUT2D eigenvalue weighted by Crippen LogP contribution is -2.43. The van der Waals surface area contributed by atoms with E-state index in [9.17, 15) is 18.0 Å². The Bertz CT molecular complexity index is 600. The van der Waals surface area contributed by atoms with E-state index in [1.807, 2.05) is 0 Å². The van der Waals surface area contributed by atoms with Crippen LogP contribution in [0.5, 0.6) is 0 Å². The standard InChI is InChI=1S/C11H16N4O4S2/c16-9(15-11-13-4-5-20-11)1-3-12-10(17)14-8-2-6-21(18,19)7-8/h4-5,8H,1-3,6-7H2,(H2,12,14,17)(H,13,15,16)/t8-/m1/s1. The van der Waals surface area contributed by atoms with Gasteiger partial charge in [-0.05, 0) is 6.42 Å². The van der Waals surface area contributed by atoms with Crippen molar-refractivity contribution in [2.75, 3.05) is 23.4 Å². The molecule has 1 saturated heterocycles. The van der Waals surface area contributed by atoms with E-state index in [1.54, 1.807) is 11.6 Å². The molecule has 0 unspecified atom stereocenters. The van der Waals surface area contributed by atoms with Gasteiger partial charge in [-0.1, -0.05) is 0 Å². The fraction of sp³-hybridized carbons (Fsp3) is 0.545. The summed E-state index contributed by atoms with van der Waals surface area (Å²) in [5, 5.41) is 9.97. The number of amides is 3. The number of thiazole rings is 1. The van der Waals surface area contributed by atoms with Crippen molar-refractivity contribution >= 4 is 38.2 Å². The van der Waals surface area contributed by atoms with Gasteiger partial charge >= 0.3 is 6.03 Å². The topological polar surface area (TPSA) is 117 Å². The summed E-state index contributed by atoms with van der Waals surface area (Å²) in [6.07, 6.45) is 2.14. The first-order chi connectivity index (χ1) is 9.94. The number of urea groups is 1. The summed E-state index contributed by atoms with van der Waals surface area (Å²) in [5.41, 5.74) is 0. The zero-order valence-corrected chi connectivity index (χ0v) is 12.8. The van der Waals surface area contributed by atoms with Crippen molar-refractivity contribution < 1.29 is 18.0 Å². The molecule has 116 valence electrons. The van der Waals surface area contributed by atoms with E-state index in [0.29, 0.717) is 11.6 Å². The fourth-order valence-corrected chi connectivity index (χ4v) is 4.12. The van der Waals surface area contributed by atoms with Crippen LogP contribution in [-0.4, -0.2) is 49.4 Å². The molecule has 0 bridgehead atoms. The highest BCUT2D eigenvalue weighted by Crippen LogP contribution is 2.11. The smallest absolute Gasteiger partial charge is 0.315 e. The Labute approximate surface area is 126 Å². The van der Waals surface area contributed by atoms with E-state index >= 15 is 0 Å². The SMILES string of the molecule is O=C(CCNC(=O)N[C@@H]1CCS(=O)(=O)C1)Nc1nccs1. The number of nitrogens with zero attached hydrogens (tertiary/aromatic N) is 1. The number of anilines is 1. The highest BCUT2D eigenvalue weighted by molar-refractivity contribution is 7.91. The maximum Gasteiger partial charge on any atom is 0.315 e. The van der Waals surface area contributed by atoms with Crippen molar-refractivity contribution in [1.29, 1.82) is 0 Å². The molecular weight excluding hydrogens is 316 g/mol. The molecule has 0 aliphatic carbocycles. The zero-order valence-electron chi connectivity index (χ0n) is 11.2. The van der Waals surface area contributed by atoms with Crippen LogP contribution in [-0.2, 0) is 14.6 Å². The molecule has 2 rings (SSSR count). The third-order valence-corrected chi connectivity index (χ3v) is 5.34. The normalized spacial score (nSPS) is 19.9. The quantitative estimate of drug-likeness (QED) is 0.699. The Hall–Kier alpha value is -1.68. The van der Waals surface area contributed by atoms with E-state index in [1.165, 1.54) is 11.3 Å². The van der Waals surface area contributed by atoms with Gasteiger partial charge in [-0.15, -0.1) is 11.3 Å². The predicted molar refractivity (Wildman–Crippen MR) is 79.0 cm³/mol. The molecule has 21 heavy (non-hydrogen) atoms. The van der Waals surface area contributed by atoms with Gasteiger partial charge in [0.2, 0.25) is 5.91 Å². The molecule has 0 aromatic carbocycles. The number of rotatable bonds is 5. The second kappa shape index (κ2) is 6.85. The summed E-state index contributed by atoms with van der Waals surface area (Å²) in [7, 11) is -3.02. The first-order valence-corrected chi connectivity index (χ1v) is 9.09. The Morgan fingerprint density at radius 3 is 2.86 bits per heavy atom. The van der Waals surface area contributed by atoms with E-state index in [4.69, 9.17) is 0 Å². The first kappa shape index (κ1) is 15.7. The number of carbonyl (C=O) groups is 2. The van der Waals surface area contributed by atoms with E-state index in [-0.39, 0.29) is 36.4 Å². The largest absolute Gasteiger partial charge is 0.338 e. The van der Waals surface area contributed by atoms with Gasteiger partial charge in [0, 0.05) is 30.6 Å². The lowest BCUT2D eigenvalue weighted by Gasteiger charge is -2.11. The van der Waals surface area contributed by atoms with Crippen LogP contribution in [0.3, 0.4) is 0 Å². The van der Waals surface area contributed by atoms with Crippen molar-refractivity contribution in [2.45, 2.75) is 18.9 Å². The maximum absolute atomic E-state index is 11.5. The van der Waals surface area contributed by atoms with Crippen molar-refractivity contribution in [3.05, 3.63) is 11.6 Å². The average molecular weight is 332 g/mol. The fourth-order valence-electron chi connectivity index (χ4n) is 1.90. The highest BCUT2D eigenvalue weighted by Gasteiger charge is 2.28. The highest BCUT2D eigenvalue weighted by atomic mass is 32.2. The summed E-state index contributed by atoms with van der Waals surface area (Å²) >= 11 is 1.31. The van der Waals surface area contributed by atoms with Gasteiger partial charge in [0.25, 0.3) is 0 Å². The van der Waals surface area contributed by atoms with Crippen molar-refractivity contribution in [3.8, 4) is 0 Å². The molecule has 3 N–H and O–H groups in total. The second-order valence-corrected chi connectivity index (χ2v) is 7.76. The van der Waals surface area contributed by atoms with Crippen molar-refractivity contribution in [1.82, 2.24) is 15.6 Å². The van der Waals surface area contributed by atoms with Crippen LogP contribution in [0, 0.1) is 0 Å². The number of hydrogen-bond acceptors (Lipinski definition) is 6. The molecule has 0 saturated carbocycles. The lowest BCUT2D eigenvalue weighted by atomic mass is 10.3. The summed E-state index contributed by atoms with van der Waals surface area (Å²) in [6, 6.07) is -0.807. The minimum Gasteiger partial charge on any atom is -0.338 e. The molecule has 0 radical (unpaired) electrons. The monoisotopic (exact) mass is 332 g/mol. The van der Waals surface area contributed by atoms with Crippen LogP contribution < -0.4 is 16.0 Å². The summed E-state index contributed by atoms with van der Waals surface area (Å²) in [4.78, 5) is 27.0. The molecule has 1 aliphatic heterocycles.